The molecule has 0 aliphatic rings. The fourth-order valence-electron chi connectivity index (χ4n) is 2.84. The molecule has 0 heterocycles. The van der Waals surface area contributed by atoms with Crippen LogP contribution in [0.5, 0.6) is 0 Å². The summed E-state index contributed by atoms with van der Waals surface area (Å²) < 4.78 is 0. The lowest BCUT2D eigenvalue weighted by molar-refractivity contribution is 0.0590. The van der Waals surface area contributed by atoms with Crippen LogP contribution in [0.4, 0.5) is 0 Å². The minimum Gasteiger partial charge on any atom is -0.395 e. The number of hydrogen-bond donors (Lipinski definition) is 4. The van der Waals surface area contributed by atoms with Crippen LogP contribution in [0.25, 0.3) is 0 Å². The van der Waals surface area contributed by atoms with Crippen LogP contribution in [0.1, 0.15) is 46.0 Å². The van der Waals surface area contributed by atoms with Crippen molar-refractivity contribution in [2.45, 2.75) is 58.2 Å². The highest BCUT2D eigenvalue weighted by Crippen LogP contribution is 2.06. The van der Waals surface area contributed by atoms with Crippen molar-refractivity contribution in [3.8, 4) is 0 Å². The van der Waals surface area contributed by atoms with Crippen LogP contribution in [-0.2, 0) is 0 Å². The Morgan fingerprint density at radius 2 is 1.13 bits per heavy atom. The predicted molar refractivity (Wildman–Crippen MR) is 93.5 cm³/mol. The summed E-state index contributed by atoms with van der Waals surface area (Å²) in [5, 5.41) is 38.1. The van der Waals surface area contributed by atoms with Crippen molar-refractivity contribution < 1.29 is 20.4 Å². The second-order valence-electron chi connectivity index (χ2n) is 6.29. The van der Waals surface area contributed by atoms with E-state index in [1.54, 1.807) is 0 Å². The molecule has 0 bridgehead atoms. The zero-order chi connectivity index (χ0) is 17.5. The molecule has 0 spiro atoms. The molecule has 0 radical (unpaired) electrons. The van der Waals surface area contributed by atoms with E-state index in [4.69, 9.17) is 10.2 Å². The van der Waals surface area contributed by atoms with E-state index in [0.717, 1.165) is 45.2 Å². The summed E-state index contributed by atoms with van der Waals surface area (Å²) in [7, 11) is 0. The van der Waals surface area contributed by atoms with E-state index < -0.39 is 0 Å². The third kappa shape index (κ3) is 12.8. The lowest BCUT2D eigenvalue weighted by Crippen LogP contribution is -2.40. The van der Waals surface area contributed by atoms with Crippen molar-refractivity contribution in [1.29, 1.82) is 0 Å². The smallest absolute Gasteiger partial charge is 0.0667 e. The second-order valence-corrected chi connectivity index (χ2v) is 6.29. The van der Waals surface area contributed by atoms with Crippen molar-refractivity contribution in [2.24, 2.45) is 0 Å². The zero-order valence-electron chi connectivity index (χ0n) is 15.0. The molecule has 0 rings (SSSR count). The monoisotopic (exact) mass is 334 g/mol. The van der Waals surface area contributed by atoms with E-state index in [0.29, 0.717) is 26.2 Å². The van der Waals surface area contributed by atoms with Crippen molar-refractivity contribution >= 4 is 0 Å². The highest BCUT2D eigenvalue weighted by molar-refractivity contribution is 4.70. The molecular formula is C17H38N2O4. The van der Waals surface area contributed by atoms with Gasteiger partial charge in [-0.2, -0.15) is 0 Å². The van der Waals surface area contributed by atoms with E-state index in [1.165, 1.54) is 0 Å². The van der Waals surface area contributed by atoms with Crippen LogP contribution in [0.2, 0.25) is 0 Å². The first-order valence-electron chi connectivity index (χ1n) is 9.09. The van der Waals surface area contributed by atoms with Gasteiger partial charge < -0.3 is 20.4 Å². The van der Waals surface area contributed by atoms with Crippen LogP contribution < -0.4 is 0 Å². The van der Waals surface area contributed by atoms with E-state index in [-0.39, 0.29) is 25.4 Å². The van der Waals surface area contributed by atoms with Gasteiger partial charge in [-0.3, -0.25) is 9.80 Å². The predicted octanol–water partition coefficient (Wildman–Crippen LogP) is 0.287. The van der Waals surface area contributed by atoms with Gasteiger partial charge in [-0.15, -0.1) is 0 Å². The molecule has 23 heavy (non-hydrogen) atoms. The number of rotatable bonds is 16. The first-order chi connectivity index (χ1) is 11.1. The molecule has 2 unspecified atom stereocenters. The fourth-order valence-corrected chi connectivity index (χ4v) is 2.84. The third-order valence-corrected chi connectivity index (χ3v) is 3.96. The maximum Gasteiger partial charge on any atom is 0.0667 e. The number of aliphatic hydroxyl groups is 4. The van der Waals surface area contributed by atoms with Crippen LogP contribution in [0, 0.1) is 0 Å². The zero-order valence-corrected chi connectivity index (χ0v) is 15.0. The van der Waals surface area contributed by atoms with Gasteiger partial charge in [0.05, 0.1) is 25.4 Å². The van der Waals surface area contributed by atoms with Crippen molar-refractivity contribution in [3.63, 3.8) is 0 Å². The van der Waals surface area contributed by atoms with Gasteiger partial charge >= 0.3 is 0 Å². The summed E-state index contributed by atoms with van der Waals surface area (Å²) in [6.45, 7) is 8.21. The lowest BCUT2D eigenvalue weighted by atomic mass is 10.1. The normalized spacial score (nSPS) is 14.6. The molecule has 0 saturated carbocycles. The quantitative estimate of drug-likeness (QED) is 0.324. The topological polar surface area (TPSA) is 87.4 Å². The van der Waals surface area contributed by atoms with Gasteiger partial charge in [0.1, 0.15) is 0 Å². The van der Waals surface area contributed by atoms with Crippen LogP contribution >= 0.6 is 0 Å². The van der Waals surface area contributed by atoms with Gasteiger partial charge in [-0.25, -0.2) is 0 Å². The molecule has 2 atom stereocenters. The van der Waals surface area contributed by atoms with Crippen molar-refractivity contribution in [3.05, 3.63) is 0 Å². The summed E-state index contributed by atoms with van der Waals surface area (Å²) in [6, 6.07) is 0. The Morgan fingerprint density at radius 3 is 1.52 bits per heavy atom. The molecule has 0 aromatic carbocycles. The highest BCUT2D eigenvalue weighted by atomic mass is 16.3. The Labute approximate surface area is 141 Å². The fraction of sp³-hybridized carbons (Fsp3) is 1.00. The summed E-state index contributed by atoms with van der Waals surface area (Å²) >= 11 is 0. The Balaban J connectivity index is 4.31. The molecule has 0 aromatic rings. The Kier molecular flexibility index (Phi) is 15.1. The van der Waals surface area contributed by atoms with E-state index in [9.17, 15) is 10.2 Å². The molecule has 6 nitrogen and oxygen atoms in total. The van der Waals surface area contributed by atoms with Gasteiger partial charge in [0.25, 0.3) is 0 Å². The van der Waals surface area contributed by atoms with Gasteiger partial charge in [0.2, 0.25) is 0 Å². The first kappa shape index (κ1) is 22.8. The Hall–Kier alpha value is -0.240. The van der Waals surface area contributed by atoms with E-state index >= 15 is 0 Å². The van der Waals surface area contributed by atoms with Crippen LogP contribution in [0.3, 0.4) is 0 Å². The summed E-state index contributed by atoms with van der Waals surface area (Å²) in [5.74, 6) is 0. The van der Waals surface area contributed by atoms with Crippen molar-refractivity contribution in [2.75, 3.05) is 52.5 Å². The largest absolute Gasteiger partial charge is 0.395 e. The minimum atomic E-state index is -0.347. The van der Waals surface area contributed by atoms with E-state index in [2.05, 4.69) is 18.7 Å². The maximum absolute atomic E-state index is 10.0. The molecule has 0 aromatic heterocycles. The van der Waals surface area contributed by atoms with Gasteiger partial charge in [-0.05, 0) is 32.4 Å². The Bertz CT molecular complexity index is 237. The molecule has 0 fully saturated rings. The molecule has 0 amide bonds. The molecule has 140 valence electrons. The van der Waals surface area contributed by atoms with Gasteiger partial charge in [0, 0.05) is 26.2 Å². The molecule has 6 heteroatoms. The summed E-state index contributed by atoms with van der Waals surface area (Å²) in [4.78, 5) is 4.17. The molecule has 0 aliphatic heterocycles. The number of nitrogens with zero attached hydrogens (tertiary/aromatic N) is 2. The van der Waals surface area contributed by atoms with Crippen LogP contribution in [0.15, 0.2) is 0 Å². The molecule has 4 N–H and O–H groups in total. The highest BCUT2D eigenvalue weighted by Gasteiger charge is 2.15. The Morgan fingerprint density at radius 1 is 0.696 bits per heavy atom. The SMILES string of the molecule is CCCC(O)CN(CCCN(CCO)CCO)CC(O)CCC. The first-order valence-corrected chi connectivity index (χ1v) is 9.09. The summed E-state index contributed by atoms with van der Waals surface area (Å²) in [5.41, 5.74) is 0. The minimum absolute atomic E-state index is 0.0914. The molecule has 0 aliphatic carbocycles. The standard InChI is InChI=1S/C17H38N2O4/c1-3-6-16(22)14-19(15-17(23)7-4-2)9-5-8-18(10-12-20)11-13-21/h16-17,20-23H,3-15H2,1-2H3. The van der Waals surface area contributed by atoms with Crippen LogP contribution in [-0.4, -0.2) is 94.9 Å². The van der Waals surface area contributed by atoms with Gasteiger partial charge in [0.15, 0.2) is 0 Å². The number of aliphatic hydroxyl groups excluding tert-OH is 4. The average molecular weight is 335 g/mol. The molecular weight excluding hydrogens is 296 g/mol. The molecule has 0 saturated heterocycles. The average Bonchev–Trinajstić information content (AvgIpc) is 2.48. The maximum atomic E-state index is 10.0. The number of hydrogen-bond acceptors (Lipinski definition) is 6. The lowest BCUT2D eigenvalue weighted by Gasteiger charge is -2.28. The van der Waals surface area contributed by atoms with E-state index in [1.807, 2.05) is 4.90 Å². The van der Waals surface area contributed by atoms with Crippen molar-refractivity contribution in [1.82, 2.24) is 9.80 Å². The second kappa shape index (κ2) is 15.3. The van der Waals surface area contributed by atoms with Gasteiger partial charge in [-0.1, -0.05) is 26.7 Å². The third-order valence-electron chi connectivity index (χ3n) is 3.96. The summed E-state index contributed by atoms with van der Waals surface area (Å²) in [6.07, 6.45) is 3.65.